The first kappa shape index (κ1) is 14.1. The van der Waals surface area contributed by atoms with Crippen LogP contribution in [0.5, 0.6) is 0 Å². The summed E-state index contributed by atoms with van der Waals surface area (Å²) in [5.74, 6) is 0. The fourth-order valence-electron chi connectivity index (χ4n) is 2.72. The molecule has 1 N–H and O–H groups in total. The van der Waals surface area contributed by atoms with Crippen LogP contribution in [0, 0.1) is 0 Å². The zero-order valence-electron chi connectivity index (χ0n) is 11.6. The van der Waals surface area contributed by atoms with Crippen molar-refractivity contribution in [1.29, 1.82) is 0 Å². The zero-order valence-corrected chi connectivity index (χ0v) is 12.4. The molecule has 0 saturated carbocycles. The van der Waals surface area contributed by atoms with Gasteiger partial charge in [0.25, 0.3) is 0 Å². The normalized spacial score (nSPS) is 17.2. The number of rotatable bonds is 4. The molecule has 1 aliphatic rings. The predicted molar refractivity (Wildman–Crippen MR) is 80.9 cm³/mol. The maximum absolute atomic E-state index is 10.6. The van der Waals surface area contributed by atoms with Gasteiger partial charge in [0.05, 0.1) is 0 Å². The van der Waals surface area contributed by atoms with Gasteiger partial charge in [-0.2, -0.15) is 0 Å². The second kappa shape index (κ2) is 6.26. The third-order valence-corrected chi connectivity index (χ3v) is 5.01. The quantitative estimate of drug-likeness (QED) is 0.879. The number of carboxylic acid groups (broad SMARTS) is 1. The lowest BCUT2D eigenvalue weighted by atomic mass is 9.96. The second-order valence-electron chi connectivity index (χ2n) is 5.27. The molecule has 2 aromatic heterocycles. The Morgan fingerprint density at radius 3 is 3.14 bits per heavy atom. The minimum Gasteiger partial charge on any atom is -0.450 e. The van der Waals surface area contributed by atoms with Crippen LogP contribution >= 0.6 is 11.3 Å². The Morgan fingerprint density at radius 1 is 1.48 bits per heavy atom. The first-order valence-corrected chi connectivity index (χ1v) is 7.91. The Balaban J connectivity index is 1.62. The molecule has 1 aliphatic carbocycles. The van der Waals surface area contributed by atoms with Crippen LogP contribution in [0.3, 0.4) is 0 Å². The summed E-state index contributed by atoms with van der Waals surface area (Å²) in [5, 5.41) is 8.70. The molecule has 1 unspecified atom stereocenters. The highest BCUT2D eigenvalue weighted by Gasteiger charge is 2.23. The molecule has 0 bridgehead atoms. The van der Waals surface area contributed by atoms with E-state index in [1.54, 1.807) is 17.5 Å². The molecular weight excluding hydrogens is 286 g/mol. The summed E-state index contributed by atoms with van der Waals surface area (Å²) < 4.78 is 4.90. The first-order valence-electron chi connectivity index (χ1n) is 7.09. The molecule has 3 rings (SSSR count). The van der Waals surface area contributed by atoms with Crippen molar-refractivity contribution in [3.63, 3.8) is 0 Å². The van der Waals surface area contributed by atoms with Crippen molar-refractivity contribution in [3.05, 3.63) is 51.5 Å². The third kappa shape index (κ3) is 3.61. The summed E-state index contributed by atoms with van der Waals surface area (Å²) in [6.07, 6.45) is 6.76. The van der Waals surface area contributed by atoms with Crippen molar-refractivity contribution in [2.45, 2.75) is 38.2 Å². The average Bonchev–Trinajstić information content (AvgIpc) is 2.88. The highest BCUT2D eigenvalue weighted by atomic mass is 32.1. The fraction of sp³-hybridized carbons (Fsp3) is 0.375. The molecule has 5 heteroatoms. The van der Waals surface area contributed by atoms with Crippen LogP contribution in [0.1, 0.15) is 27.3 Å². The number of fused-ring (bicyclic) bond motifs is 1. The van der Waals surface area contributed by atoms with Crippen LogP contribution in [0.25, 0.3) is 0 Å². The SMILES string of the molecule is O=C(O)OC1CCc2cc(CCc3cccnc3)sc2C1. The molecule has 2 aromatic rings. The lowest BCUT2D eigenvalue weighted by Crippen LogP contribution is -2.23. The van der Waals surface area contributed by atoms with Crippen LogP contribution in [0.4, 0.5) is 4.79 Å². The molecular formula is C16H17NO3S. The molecule has 0 saturated heterocycles. The van der Waals surface area contributed by atoms with Crippen LogP contribution in [0.2, 0.25) is 0 Å². The molecule has 0 aromatic carbocycles. The highest BCUT2D eigenvalue weighted by Crippen LogP contribution is 2.31. The van der Waals surface area contributed by atoms with E-state index in [-0.39, 0.29) is 6.10 Å². The molecule has 0 radical (unpaired) electrons. The predicted octanol–water partition coefficient (Wildman–Crippen LogP) is 3.48. The van der Waals surface area contributed by atoms with E-state index in [0.29, 0.717) is 0 Å². The zero-order chi connectivity index (χ0) is 14.7. The smallest absolute Gasteiger partial charge is 0.450 e. The van der Waals surface area contributed by atoms with E-state index >= 15 is 0 Å². The summed E-state index contributed by atoms with van der Waals surface area (Å²) in [7, 11) is 0. The molecule has 110 valence electrons. The monoisotopic (exact) mass is 303 g/mol. The lowest BCUT2D eigenvalue weighted by Gasteiger charge is -2.20. The van der Waals surface area contributed by atoms with Gasteiger partial charge in [0.15, 0.2) is 0 Å². The van der Waals surface area contributed by atoms with Gasteiger partial charge in [-0.25, -0.2) is 4.79 Å². The van der Waals surface area contributed by atoms with Gasteiger partial charge in [-0.3, -0.25) is 4.98 Å². The van der Waals surface area contributed by atoms with Gasteiger partial charge in [-0.1, -0.05) is 6.07 Å². The number of pyridine rings is 1. The molecule has 21 heavy (non-hydrogen) atoms. The van der Waals surface area contributed by atoms with Gasteiger partial charge in [0, 0.05) is 28.6 Å². The van der Waals surface area contributed by atoms with Crippen LogP contribution in [-0.4, -0.2) is 22.3 Å². The number of aryl methyl sites for hydroxylation is 3. The Bertz CT molecular complexity index is 624. The second-order valence-corrected chi connectivity index (χ2v) is 6.49. The molecule has 0 fully saturated rings. The number of hydrogen-bond acceptors (Lipinski definition) is 4. The lowest BCUT2D eigenvalue weighted by molar-refractivity contribution is 0.0466. The van der Waals surface area contributed by atoms with Crippen LogP contribution in [0.15, 0.2) is 30.6 Å². The van der Waals surface area contributed by atoms with E-state index < -0.39 is 6.16 Å². The van der Waals surface area contributed by atoms with Crippen molar-refractivity contribution >= 4 is 17.5 Å². The van der Waals surface area contributed by atoms with Crippen LogP contribution < -0.4 is 0 Å². The summed E-state index contributed by atoms with van der Waals surface area (Å²) in [4.78, 5) is 17.4. The topological polar surface area (TPSA) is 59.4 Å². The van der Waals surface area contributed by atoms with Gasteiger partial charge < -0.3 is 9.84 Å². The Kier molecular flexibility index (Phi) is 4.20. The van der Waals surface area contributed by atoms with E-state index in [1.165, 1.54) is 20.9 Å². The number of aromatic nitrogens is 1. The molecule has 0 aliphatic heterocycles. The number of hydrogen-bond donors (Lipinski definition) is 1. The summed E-state index contributed by atoms with van der Waals surface area (Å²) in [6.45, 7) is 0. The molecule has 0 spiro atoms. The van der Waals surface area contributed by atoms with E-state index in [4.69, 9.17) is 9.84 Å². The van der Waals surface area contributed by atoms with E-state index in [0.717, 1.165) is 32.1 Å². The molecule has 2 heterocycles. The number of nitrogens with zero attached hydrogens (tertiary/aromatic N) is 1. The highest BCUT2D eigenvalue weighted by molar-refractivity contribution is 7.12. The maximum Gasteiger partial charge on any atom is 0.506 e. The largest absolute Gasteiger partial charge is 0.506 e. The summed E-state index contributed by atoms with van der Waals surface area (Å²) in [5.41, 5.74) is 2.61. The first-order chi connectivity index (χ1) is 10.2. The van der Waals surface area contributed by atoms with Crippen molar-refractivity contribution in [2.75, 3.05) is 0 Å². The fourth-order valence-corrected chi connectivity index (χ4v) is 4.00. The van der Waals surface area contributed by atoms with Crippen molar-refractivity contribution < 1.29 is 14.6 Å². The van der Waals surface area contributed by atoms with E-state index in [1.807, 2.05) is 12.3 Å². The van der Waals surface area contributed by atoms with Gasteiger partial charge in [-0.05, 0) is 48.9 Å². The molecule has 0 amide bonds. The van der Waals surface area contributed by atoms with E-state index in [2.05, 4.69) is 17.1 Å². The van der Waals surface area contributed by atoms with Gasteiger partial charge >= 0.3 is 6.16 Å². The number of carbonyl (C=O) groups is 1. The van der Waals surface area contributed by atoms with Crippen molar-refractivity contribution in [3.8, 4) is 0 Å². The number of ether oxygens (including phenoxy) is 1. The molecule has 1 atom stereocenters. The van der Waals surface area contributed by atoms with E-state index in [9.17, 15) is 4.79 Å². The minimum atomic E-state index is -1.17. The Morgan fingerprint density at radius 2 is 2.38 bits per heavy atom. The Labute approximate surface area is 127 Å². The standard InChI is InChI=1S/C16H17NO3S/c18-16(19)20-13-5-4-12-8-14(21-15(12)9-13)6-3-11-2-1-7-17-10-11/h1-2,7-8,10,13H,3-6,9H2,(H,18,19). The summed E-state index contributed by atoms with van der Waals surface area (Å²) in [6, 6.07) is 6.33. The Hall–Kier alpha value is -1.88. The van der Waals surface area contributed by atoms with Gasteiger partial charge in [-0.15, -0.1) is 11.3 Å². The van der Waals surface area contributed by atoms with Crippen molar-refractivity contribution in [1.82, 2.24) is 4.98 Å². The average molecular weight is 303 g/mol. The number of thiophene rings is 1. The van der Waals surface area contributed by atoms with Gasteiger partial charge in [0.2, 0.25) is 0 Å². The summed E-state index contributed by atoms with van der Waals surface area (Å²) >= 11 is 1.79. The van der Waals surface area contributed by atoms with Crippen LogP contribution in [-0.2, 0) is 30.4 Å². The third-order valence-electron chi connectivity index (χ3n) is 3.75. The van der Waals surface area contributed by atoms with Crippen molar-refractivity contribution in [2.24, 2.45) is 0 Å². The van der Waals surface area contributed by atoms with Gasteiger partial charge in [0.1, 0.15) is 6.10 Å². The maximum atomic E-state index is 10.6. The minimum absolute atomic E-state index is 0.181. The molecule has 4 nitrogen and oxygen atoms in total.